The van der Waals surface area contributed by atoms with Gasteiger partial charge >= 0.3 is 12.2 Å². The Morgan fingerprint density at radius 1 is 1.07 bits per heavy atom. The number of nitrogens with zero attached hydrogens (tertiary/aromatic N) is 1. The number of carboxylic acid groups (broad SMARTS) is 1. The van der Waals surface area contributed by atoms with Crippen LogP contribution in [0.4, 0.5) is 9.59 Å². The minimum atomic E-state index is -0.966. The molecule has 9 nitrogen and oxygen atoms in total. The number of nitrogens with two attached hydrogens (primary N) is 1. The van der Waals surface area contributed by atoms with Crippen LogP contribution < -0.4 is 16.4 Å². The van der Waals surface area contributed by atoms with E-state index in [1.165, 1.54) is 4.90 Å². The SMILES string of the molecule is CC(C)(C)OC(=O)NCCNC(=O)C[C@@H](N)CCCN(C(=O)O)C(C)(C)C. The first kappa shape index (κ1) is 25.0. The fraction of sp³-hybridized carbons (Fsp3) is 0.833. The highest BCUT2D eigenvalue weighted by Gasteiger charge is 2.25. The van der Waals surface area contributed by atoms with Crippen LogP contribution in [-0.4, -0.2) is 64.9 Å². The lowest BCUT2D eigenvalue weighted by atomic mass is 10.0. The highest BCUT2D eigenvalue weighted by Crippen LogP contribution is 2.15. The van der Waals surface area contributed by atoms with Gasteiger partial charge in [0.1, 0.15) is 5.60 Å². The lowest BCUT2D eigenvalue weighted by Crippen LogP contribution is -2.45. The van der Waals surface area contributed by atoms with E-state index in [9.17, 15) is 19.5 Å². The molecule has 0 radical (unpaired) electrons. The van der Waals surface area contributed by atoms with E-state index in [-0.39, 0.29) is 31.5 Å². The van der Waals surface area contributed by atoms with Crippen molar-refractivity contribution in [2.45, 2.75) is 78.0 Å². The lowest BCUT2D eigenvalue weighted by Gasteiger charge is -2.33. The van der Waals surface area contributed by atoms with Gasteiger partial charge < -0.3 is 31.1 Å². The first-order valence-electron chi connectivity index (χ1n) is 9.22. The van der Waals surface area contributed by atoms with E-state index in [0.717, 1.165) is 0 Å². The molecule has 5 N–H and O–H groups in total. The largest absolute Gasteiger partial charge is 0.465 e. The number of amides is 3. The van der Waals surface area contributed by atoms with E-state index < -0.39 is 23.3 Å². The summed E-state index contributed by atoms with van der Waals surface area (Å²) in [5, 5.41) is 14.5. The zero-order chi connectivity index (χ0) is 21.3. The van der Waals surface area contributed by atoms with Crippen LogP contribution in [-0.2, 0) is 9.53 Å². The van der Waals surface area contributed by atoms with Crippen molar-refractivity contribution < 1.29 is 24.2 Å². The minimum Gasteiger partial charge on any atom is -0.465 e. The van der Waals surface area contributed by atoms with E-state index in [0.29, 0.717) is 19.4 Å². The number of carbonyl (C=O) groups is 3. The van der Waals surface area contributed by atoms with Gasteiger partial charge in [0.15, 0.2) is 0 Å². The molecule has 3 amide bonds. The van der Waals surface area contributed by atoms with E-state index in [1.54, 1.807) is 20.8 Å². The quantitative estimate of drug-likeness (QED) is 0.446. The molecule has 0 rings (SSSR count). The van der Waals surface area contributed by atoms with Gasteiger partial charge in [-0.3, -0.25) is 4.79 Å². The topological polar surface area (TPSA) is 134 Å². The Balaban J connectivity index is 3.99. The third-order valence-corrected chi connectivity index (χ3v) is 3.56. The van der Waals surface area contributed by atoms with Gasteiger partial charge in [0.05, 0.1) is 0 Å². The van der Waals surface area contributed by atoms with Crippen molar-refractivity contribution in [3.05, 3.63) is 0 Å². The van der Waals surface area contributed by atoms with Crippen LogP contribution in [0.25, 0.3) is 0 Å². The molecule has 0 aliphatic rings. The molecule has 0 heterocycles. The maximum absolute atomic E-state index is 11.9. The van der Waals surface area contributed by atoms with E-state index >= 15 is 0 Å². The molecule has 0 fully saturated rings. The molecular weight excluding hydrogens is 352 g/mol. The fourth-order valence-electron chi connectivity index (χ4n) is 2.32. The Morgan fingerprint density at radius 3 is 2.11 bits per heavy atom. The molecular formula is C18H36N4O5. The number of ether oxygens (including phenoxy) is 1. The summed E-state index contributed by atoms with van der Waals surface area (Å²) in [4.78, 5) is 35.9. The molecule has 0 aromatic heterocycles. The van der Waals surface area contributed by atoms with Gasteiger partial charge in [-0.15, -0.1) is 0 Å². The van der Waals surface area contributed by atoms with Gasteiger partial charge in [-0.1, -0.05) is 0 Å². The van der Waals surface area contributed by atoms with Crippen molar-refractivity contribution in [1.82, 2.24) is 15.5 Å². The van der Waals surface area contributed by atoms with Gasteiger partial charge in [0, 0.05) is 37.6 Å². The van der Waals surface area contributed by atoms with Crippen molar-refractivity contribution in [3.63, 3.8) is 0 Å². The highest BCUT2D eigenvalue weighted by molar-refractivity contribution is 5.76. The van der Waals surface area contributed by atoms with E-state index in [4.69, 9.17) is 10.5 Å². The number of carbonyl (C=O) groups excluding carboxylic acids is 2. The molecule has 0 spiro atoms. The van der Waals surface area contributed by atoms with Crippen LogP contribution in [0.2, 0.25) is 0 Å². The van der Waals surface area contributed by atoms with Crippen molar-refractivity contribution >= 4 is 18.1 Å². The summed E-state index contributed by atoms with van der Waals surface area (Å²) in [6, 6.07) is -0.348. The standard InChI is InChI=1S/C18H36N4O5/c1-17(2,3)22(16(25)26)11-7-8-13(19)12-14(23)20-9-10-21-15(24)27-18(4,5)6/h13H,7-12,19H2,1-6H3,(H,20,23)(H,21,24)(H,25,26)/t13-/m0/s1. The molecule has 0 aliphatic heterocycles. The van der Waals surface area contributed by atoms with Crippen LogP contribution >= 0.6 is 0 Å². The van der Waals surface area contributed by atoms with Gasteiger partial charge in [-0.05, 0) is 54.4 Å². The maximum Gasteiger partial charge on any atom is 0.407 e. The Kier molecular flexibility index (Phi) is 10.1. The first-order chi connectivity index (χ1) is 12.2. The highest BCUT2D eigenvalue weighted by atomic mass is 16.6. The number of rotatable bonds is 9. The van der Waals surface area contributed by atoms with E-state index in [2.05, 4.69) is 10.6 Å². The van der Waals surface area contributed by atoms with Crippen molar-refractivity contribution in [2.24, 2.45) is 5.73 Å². The average Bonchev–Trinajstić information content (AvgIpc) is 2.44. The molecule has 0 saturated carbocycles. The predicted molar refractivity (Wildman–Crippen MR) is 104 cm³/mol. The first-order valence-corrected chi connectivity index (χ1v) is 9.22. The van der Waals surface area contributed by atoms with Crippen LogP contribution in [0.15, 0.2) is 0 Å². The second kappa shape index (κ2) is 11.0. The molecule has 27 heavy (non-hydrogen) atoms. The number of hydrogen-bond donors (Lipinski definition) is 4. The third kappa shape index (κ3) is 12.9. The smallest absolute Gasteiger partial charge is 0.407 e. The van der Waals surface area contributed by atoms with Crippen LogP contribution in [0.3, 0.4) is 0 Å². The normalized spacial score (nSPS) is 12.9. The second-order valence-corrected chi connectivity index (χ2v) is 8.49. The maximum atomic E-state index is 11.9. The Morgan fingerprint density at radius 2 is 1.63 bits per heavy atom. The second-order valence-electron chi connectivity index (χ2n) is 8.49. The Hall–Kier alpha value is -2.03. The van der Waals surface area contributed by atoms with E-state index in [1.807, 2.05) is 20.8 Å². The monoisotopic (exact) mass is 388 g/mol. The van der Waals surface area contributed by atoms with Crippen molar-refractivity contribution in [1.29, 1.82) is 0 Å². The summed E-state index contributed by atoms with van der Waals surface area (Å²) in [6.07, 6.45) is -0.224. The molecule has 0 aliphatic carbocycles. The summed E-state index contributed by atoms with van der Waals surface area (Å²) < 4.78 is 5.09. The van der Waals surface area contributed by atoms with Crippen molar-refractivity contribution in [3.8, 4) is 0 Å². The van der Waals surface area contributed by atoms with Crippen LogP contribution in [0.1, 0.15) is 60.8 Å². The fourth-order valence-corrected chi connectivity index (χ4v) is 2.32. The van der Waals surface area contributed by atoms with Gasteiger partial charge in [-0.2, -0.15) is 0 Å². The summed E-state index contributed by atoms with van der Waals surface area (Å²) >= 11 is 0. The molecule has 1 atom stereocenters. The average molecular weight is 389 g/mol. The Labute approximate surface area is 162 Å². The zero-order valence-corrected chi connectivity index (χ0v) is 17.4. The lowest BCUT2D eigenvalue weighted by molar-refractivity contribution is -0.121. The Bertz CT molecular complexity index is 497. The number of hydrogen-bond acceptors (Lipinski definition) is 5. The molecule has 158 valence electrons. The summed E-state index contributed by atoms with van der Waals surface area (Å²) in [6.45, 7) is 11.7. The molecule has 0 aromatic carbocycles. The van der Waals surface area contributed by atoms with Crippen LogP contribution in [0.5, 0.6) is 0 Å². The van der Waals surface area contributed by atoms with Crippen molar-refractivity contribution in [2.75, 3.05) is 19.6 Å². The molecule has 0 unspecified atom stereocenters. The zero-order valence-electron chi connectivity index (χ0n) is 17.4. The van der Waals surface area contributed by atoms with Gasteiger partial charge in [-0.25, -0.2) is 9.59 Å². The predicted octanol–water partition coefficient (Wildman–Crippen LogP) is 1.90. The molecule has 0 bridgehead atoms. The molecule has 0 saturated heterocycles. The molecule has 0 aromatic rings. The number of alkyl carbamates (subject to hydrolysis) is 1. The summed E-state index contributed by atoms with van der Waals surface area (Å²) in [5.74, 6) is -0.209. The summed E-state index contributed by atoms with van der Waals surface area (Å²) in [5.41, 5.74) is 4.91. The van der Waals surface area contributed by atoms with Gasteiger partial charge in [0.2, 0.25) is 5.91 Å². The summed E-state index contributed by atoms with van der Waals surface area (Å²) in [7, 11) is 0. The third-order valence-electron chi connectivity index (χ3n) is 3.56. The minimum absolute atomic E-state index is 0.148. The van der Waals surface area contributed by atoms with Crippen LogP contribution in [0, 0.1) is 0 Å². The van der Waals surface area contributed by atoms with Gasteiger partial charge in [0.25, 0.3) is 0 Å². The number of nitrogens with one attached hydrogen (secondary N) is 2. The molecule has 9 heteroatoms.